The first-order valence-corrected chi connectivity index (χ1v) is 9.15. The molecule has 6 atom stereocenters. The molecule has 3 rings (SSSR count). The van der Waals surface area contributed by atoms with Gasteiger partial charge in [-0.1, -0.05) is 38.8 Å². The van der Waals surface area contributed by atoms with Gasteiger partial charge in [-0.25, -0.2) is 0 Å². The fourth-order valence-electron chi connectivity index (χ4n) is 6.61. The van der Waals surface area contributed by atoms with E-state index in [0.29, 0.717) is 17.3 Å². The molecule has 21 heavy (non-hydrogen) atoms. The first-order chi connectivity index (χ1) is 9.75. The molecule has 0 heterocycles. The lowest BCUT2D eigenvalue weighted by molar-refractivity contribution is -0.168. The first kappa shape index (κ1) is 15.6. The summed E-state index contributed by atoms with van der Waals surface area (Å²) in [6, 6.07) is 0. The number of hydrogen-bond acceptors (Lipinski definition) is 1. The SMILES string of the molecule is CC1=CC2C(CC1)C(C)(O)CC1(C)C(C(C)C)CCCC21. The van der Waals surface area contributed by atoms with Crippen LogP contribution >= 0.6 is 0 Å². The van der Waals surface area contributed by atoms with Gasteiger partial charge in [-0.3, -0.25) is 0 Å². The second kappa shape index (κ2) is 5.11. The Morgan fingerprint density at radius 3 is 2.52 bits per heavy atom. The first-order valence-electron chi connectivity index (χ1n) is 9.15. The van der Waals surface area contributed by atoms with Crippen LogP contribution in [0.1, 0.15) is 73.1 Å². The zero-order valence-electron chi connectivity index (χ0n) is 14.7. The maximum absolute atomic E-state index is 11.2. The largest absolute Gasteiger partial charge is 0.390 e. The predicted octanol–water partition coefficient (Wildman–Crippen LogP) is 5.19. The summed E-state index contributed by atoms with van der Waals surface area (Å²) in [6.45, 7) is 11.7. The van der Waals surface area contributed by atoms with Crippen LogP contribution in [-0.2, 0) is 0 Å². The molecular formula is C20H34O. The van der Waals surface area contributed by atoms with Gasteiger partial charge in [0.15, 0.2) is 0 Å². The van der Waals surface area contributed by atoms with Gasteiger partial charge in [-0.15, -0.1) is 0 Å². The number of rotatable bonds is 1. The summed E-state index contributed by atoms with van der Waals surface area (Å²) in [6.07, 6.45) is 10.1. The highest BCUT2D eigenvalue weighted by molar-refractivity contribution is 5.18. The Morgan fingerprint density at radius 2 is 1.86 bits per heavy atom. The van der Waals surface area contributed by atoms with E-state index in [1.807, 2.05) is 0 Å². The van der Waals surface area contributed by atoms with Crippen LogP contribution < -0.4 is 0 Å². The van der Waals surface area contributed by atoms with E-state index in [9.17, 15) is 5.11 Å². The fraction of sp³-hybridized carbons (Fsp3) is 0.900. The van der Waals surface area contributed by atoms with Gasteiger partial charge in [0.25, 0.3) is 0 Å². The lowest BCUT2D eigenvalue weighted by atomic mass is 9.44. The molecule has 2 saturated carbocycles. The minimum atomic E-state index is -0.475. The van der Waals surface area contributed by atoms with Crippen molar-refractivity contribution >= 4 is 0 Å². The summed E-state index contributed by atoms with van der Waals surface area (Å²) in [5.41, 5.74) is 1.41. The van der Waals surface area contributed by atoms with Crippen molar-refractivity contribution in [3.05, 3.63) is 11.6 Å². The average molecular weight is 290 g/mol. The minimum absolute atomic E-state index is 0.325. The minimum Gasteiger partial charge on any atom is -0.390 e. The van der Waals surface area contributed by atoms with E-state index in [1.165, 1.54) is 32.1 Å². The van der Waals surface area contributed by atoms with Gasteiger partial charge in [-0.05, 0) is 81.0 Å². The number of fused-ring (bicyclic) bond motifs is 3. The van der Waals surface area contributed by atoms with Crippen molar-refractivity contribution in [2.75, 3.05) is 0 Å². The maximum atomic E-state index is 11.2. The van der Waals surface area contributed by atoms with Gasteiger partial charge in [0.05, 0.1) is 5.60 Å². The summed E-state index contributed by atoms with van der Waals surface area (Å²) >= 11 is 0. The average Bonchev–Trinajstić information content (AvgIpc) is 2.35. The molecular weight excluding hydrogens is 256 g/mol. The fourth-order valence-corrected chi connectivity index (χ4v) is 6.61. The van der Waals surface area contributed by atoms with Crippen LogP contribution in [0.5, 0.6) is 0 Å². The highest BCUT2D eigenvalue weighted by Gasteiger charge is 2.58. The Kier molecular flexibility index (Phi) is 3.80. The molecule has 0 aromatic heterocycles. The Morgan fingerprint density at radius 1 is 1.14 bits per heavy atom. The number of allylic oxidation sites excluding steroid dienone is 2. The van der Waals surface area contributed by atoms with Crippen molar-refractivity contribution in [1.29, 1.82) is 0 Å². The van der Waals surface area contributed by atoms with E-state index in [2.05, 4.69) is 40.7 Å². The topological polar surface area (TPSA) is 20.2 Å². The molecule has 0 aromatic rings. The van der Waals surface area contributed by atoms with Crippen LogP contribution in [0.15, 0.2) is 11.6 Å². The second-order valence-corrected chi connectivity index (χ2v) is 9.16. The van der Waals surface area contributed by atoms with Crippen molar-refractivity contribution in [2.45, 2.75) is 78.7 Å². The number of hydrogen-bond donors (Lipinski definition) is 1. The molecule has 1 N–H and O–H groups in total. The normalized spacial score (nSPS) is 50.3. The molecule has 6 unspecified atom stereocenters. The molecule has 0 amide bonds. The van der Waals surface area contributed by atoms with Gasteiger partial charge >= 0.3 is 0 Å². The lowest BCUT2D eigenvalue weighted by Crippen LogP contribution is -2.59. The summed E-state index contributed by atoms with van der Waals surface area (Å²) < 4.78 is 0. The molecule has 0 radical (unpaired) electrons. The van der Waals surface area contributed by atoms with Crippen molar-refractivity contribution in [2.24, 2.45) is 35.0 Å². The molecule has 1 nitrogen and oxygen atoms in total. The monoisotopic (exact) mass is 290 g/mol. The van der Waals surface area contributed by atoms with Gasteiger partial charge in [-0.2, -0.15) is 0 Å². The Hall–Kier alpha value is -0.300. The predicted molar refractivity (Wildman–Crippen MR) is 89.0 cm³/mol. The quantitative estimate of drug-likeness (QED) is 0.659. The summed E-state index contributed by atoms with van der Waals surface area (Å²) in [5, 5.41) is 11.2. The molecule has 3 aliphatic rings. The smallest absolute Gasteiger partial charge is 0.0659 e. The Bertz CT molecular complexity index is 433. The Balaban J connectivity index is 2.02. The Labute approximate surface area is 131 Å². The van der Waals surface area contributed by atoms with E-state index in [-0.39, 0.29) is 0 Å². The van der Waals surface area contributed by atoms with Crippen molar-refractivity contribution in [1.82, 2.24) is 0 Å². The lowest BCUT2D eigenvalue weighted by Gasteiger charge is -2.62. The van der Waals surface area contributed by atoms with Crippen LogP contribution in [0.25, 0.3) is 0 Å². The summed E-state index contributed by atoms with van der Waals surface area (Å²) in [4.78, 5) is 0. The molecule has 1 heteroatoms. The van der Waals surface area contributed by atoms with Crippen LogP contribution in [0.3, 0.4) is 0 Å². The van der Waals surface area contributed by atoms with Crippen LogP contribution in [0, 0.1) is 35.0 Å². The molecule has 0 saturated heterocycles. The molecule has 0 bridgehead atoms. The van der Waals surface area contributed by atoms with Crippen molar-refractivity contribution in [3.8, 4) is 0 Å². The molecule has 3 aliphatic carbocycles. The van der Waals surface area contributed by atoms with Gasteiger partial charge in [0.1, 0.15) is 0 Å². The van der Waals surface area contributed by atoms with E-state index < -0.39 is 5.60 Å². The second-order valence-electron chi connectivity index (χ2n) is 9.16. The third-order valence-corrected chi connectivity index (χ3v) is 7.32. The van der Waals surface area contributed by atoms with E-state index in [0.717, 1.165) is 24.2 Å². The van der Waals surface area contributed by atoms with E-state index >= 15 is 0 Å². The van der Waals surface area contributed by atoms with Crippen LogP contribution in [0.2, 0.25) is 0 Å². The molecule has 0 aromatic carbocycles. The van der Waals surface area contributed by atoms with Crippen molar-refractivity contribution in [3.63, 3.8) is 0 Å². The van der Waals surface area contributed by atoms with E-state index in [4.69, 9.17) is 0 Å². The zero-order chi connectivity index (χ0) is 15.4. The number of aliphatic hydroxyl groups is 1. The van der Waals surface area contributed by atoms with Crippen LogP contribution in [0.4, 0.5) is 0 Å². The summed E-state index contributed by atoms with van der Waals surface area (Å²) in [5.74, 6) is 3.41. The molecule has 0 aliphatic heterocycles. The molecule has 120 valence electrons. The van der Waals surface area contributed by atoms with Gasteiger partial charge < -0.3 is 5.11 Å². The van der Waals surface area contributed by atoms with Crippen molar-refractivity contribution < 1.29 is 5.11 Å². The molecule has 2 fully saturated rings. The zero-order valence-corrected chi connectivity index (χ0v) is 14.7. The third-order valence-electron chi connectivity index (χ3n) is 7.32. The van der Waals surface area contributed by atoms with E-state index in [1.54, 1.807) is 5.57 Å². The van der Waals surface area contributed by atoms with Gasteiger partial charge in [0, 0.05) is 0 Å². The third kappa shape index (κ3) is 2.40. The maximum Gasteiger partial charge on any atom is 0.0659 e. The highest BCUT2D eigenvalue weighted by atomic mass is 16.3. The van der Waals surface area contributed by atoms with Gasteiger partial charge in [0.2, 0.25) is 0 Å². The van der Waals surface area contributed by atoms with Crippen LogP contribution in [-0.4, -0.2) is 10.7 Å². The highest BCUT2D eigenvalue weighted by Crippen LogP contribution is 2.63. The summed E-state index contributed by atoms with van der Waals surface area (Å²) in [7, 11) is 0. The standard InChI is InChI=1S/C20H34O/c1-13(2)16-7-6-8-17-15-11-14(3)9-10-18(15)20(5,21)12-19(16,17)4/h11,13,15-18,21H,6-10,12H2,1-5H3. The molecule has 0 spiro atoms.